The van der Waals surface area contributed by atoms with E-state index in [1.165, 1.54) is 23.9 Å². The average molecular weight is 586 g/mol. The molecule has 4 N–H and O–H groups in total. The number of phosphoric acid groups is 1. The van der Waals surface area contributed by atoms with Gasteiger partial charge in [-0.1, -0.05) is 42.5 Å². The van der Waals surface area contributed by atoms with Gasteiger partial charge in [0.2, 0.25) is 17.7 Å². The Balaban J connectivity index is 1.40. The number of benzene rings is 2. The molecule has 3 amide bonds. The summed E-state index contributed by atoms with van der Waals surface area (Å²) in [4.78, 5) is 59.4. The zero-order valence-electron chi connectivity index (χ0n) is 22.0. The van der Waals surface area contributed by atoms with Crippen LogP contribution in [0.3, 0.4) is 0 Å². The first-order valence-electron chi connectivity index (χ1n) is 12.9. The van der Waals surface area contributed by atoms with Gasteiger partial charge in [-0.3, -0.25) is 24.2 Å². The molecule has 1 fully saturated rings. The predicted molar refractivity (Wildman–Crippen MR) is 151 cm³/mol. The number of thiophene rings is 1. The molecule has 212 valence electrons. The van der Waals surface area contributed by atoms with Crippen molar-refractivity contribution >= 4 is 36.9 Å². The van der Waals surface area contributed by atoms with Crippen LogP contribution < -0.4 is 15.2 Å². The number of carbonyl (C=O) groups is 3. The van der Waals surface area contributed by atoms with Crippen LogP contribution in [0, 0.1) is 0 Å². The number of hydrogen-bond donors (Lipinski definition) is 4. The highest BCUT2D eigenvalue weighted by Gasteiger charge is 2.31. The number of carbonyl (C=O) groups excluding carboxylic acids is 3. The molecule has 0 saturated carbocycles. The number of likely N-dealkylation sites (tertiary alicyclic amines) is 1. The molecular weight excluding hydrogens is 553 g/mol. The van der Waals surface area contributed by atoms with Gasteiger partial charge in [0.25, 0.3) is 0 Å². The first kappa shape index (κ1) is 29.5. The Hall–Kier alpha value is -3.50. The Morgan fingerprint density at radius 2 is 1.77 bits per heavy atom. The highest BCUT2D eigenvalue weighted by molar-refractivity contribution is 7.46. The van der Waals surface area contributed by atoms with Gasteiger partial charge in [-0.2, -0.15) is 0 Å². The summed E-state index contributed by atoms with van der Waals surface area (Å²) in [5, 5.41) is 7.52. The standard InChI is InChI=1S/C28H32N3O7PS/c1-19(32)29-25(17-20-9-13-23(14-10-20)38-39(35,36)37)27(33)30-24-5-2-3-15-31(28(24)34)18-21-7-11-22(12-8-21)26-6-4-16-40-26/h4,6-14,16,24-25H,2-3,5,15,17-18H2,1H3,(H,29,32)(H,30,33)(H2,35,36,37)/t24-,25+/m0/s1. The fraction of sp³-hybridized carbons (Fsp3) is 0.321. The smallest absolute Gasteiger partial charge is 0.404 e. The van der Waals surface area contributed by atoms with Crippen molar-refractivity contribution in [1.82, 2.24) is 15.5 Å². The normalized spacial score (nSPS) is 16.6. The van der Waals surface area contributed by atoms with Gasteiger partial charge < -0.3 is 20.1 Å². The minimum Gasteiger partial charge on any atom is -0.404 e. The van der Waals surface area contributed by atoms with Gasteiger partial charge >= 0.3 is 7.82 Å². The second-order valence-electron chi connectivity index (χ2n) is 9.67. The van der Waals surface area contributed by atoms with Gasteiger partial charge in [-0.15, -0.1) is 11.3 Å². The zero-order chi connectivity index (χ0) is 28.7. The molecule has 0 spiro atoms. The second-order valence-corrected chi connectivity index (χ2v) is 11.8. The van der Waals surface area contributed by atoms with Crippen molar-refractivity contribution in [3.8, 4) is 16.2 Å². The lowest BCUT2D eigenvalue weighted by Gasteiger charge is -2.27. The minimum absolute atomic E-state index is 0.0251. The van der Waals surface area contributed by atoms with Crippen molar-refractivity contribution in [2.75, 3.05) is 6.54 Å². The minimum atomic E-state index is -4.69. The SMILES string of the molecule is CC(=O)N[C@H](Cc1ccc(OP(=O)(O)O)cc1)C(=O)N[C@H]1CCCCN(Cc2ccc(-c3cccs3)cc2)C1=O. The Kier molecular flexibility index (Phi) is 9.76. The van der Waals surface area contributed by atoms with E-state index in [2.05, 4.69) is 21.2 Å². The molecule has 40 heavy (non-hydrogen) atoms. The fourth-order valence-corrected chi connectivity index (χ4v) is 5.75. The van der Waals surface area contributed by atoms with Crippen LogP contribution in [0.5, 0.6) is 5.75 Å². The van der Waals surface area contributed by atoms with E-state index in [-0.39, 0.29) is 18.1 Å². The van der Waals surface area contributed by atoms with Gasteiger partial charge in [-0.05, 0) is 59.5 Å². The van der Waals surface area contributed by atoms with Crippen LogP contribution in [0.4, 0.5) is 0 Å². The highest BCUT2D eigenvalue weighted by Crippen LogP contribution is 2.37. The number of nitrogens with zero attached hydrogens (tertiary/aromatic N) is 1. The molecule has 2 heterocycles. The molecule has 1 aliphatic rings. The lowest BCUT2D eigenvalue weighted by molar-refractivity contribution is -0.137. The third-order valence-corrected chi connectivity index (χ3v) is 7.88. The Morgan fingerprint density at radius 3 is 2.40 bits per heavy atom. The largest absolute Gasteiger partial charge is 0.524 e. The molecule has 12 heteroatoms. The first-order chi connectivity index (χ1) is 19.1. The van der Waals surface area contributed by atoms with Crippen molar-refractivity contribution in [1.29, 1.82) is 0 Å². The fourth-order valence-electron chi connectivity index (χ4n) is 4.62. The van der Waals surface area contributed by atoms with E-state index in [1.54, 1.807) is 28.4 Å². The number of phosphoric ester groups is 1. The number of amides is 3. The molecular formula is C28H32N3O7PS. The van der Waals surface area contributed by atoms with Crippen molar-refractivity contribution in [2.24, 2.45) is 0 Å². The lowest BCUT2D eigenvalue weighted by atomic mass is 10.0. The molecule has 0 aliphatic carbocycles. The molecule has 1 aliphatic heterocycles. The maximum Gasteiger partial charge on any atom is 0.524 e. The summed E-state index contributed by atoms with van der Waals surface area (Å²) >= 11 is 1.67. The van der Waals surface area contributed by atoms with Crippen LogP contribution in [0.1, 0.15) is 37.3 Å². The van der Waals surface area contributed by atoms with E-state index in [0.717, 1.165) is 24.0 Å². The van der Waals surface area contributed by atoms with Gasteiger partial charge in [0, 0.05) is 31.3 Å². The molecule has 2 aromatic carbocycles. The lowest BCUT2D eigenvalue weighted by Crippen LogP contribution is -2.54. The Morgan fingerprint density at radius 1 is 1.07 bits per heavy atom. The van der Waals surface area contributed by atoms with Crippen molar-refractivity contribution < 1.29 is 33.3 Å². The summed E-state index contributed by atoms with van der Waals surface area (Å²) in [7, 11) is -4.69. The topological polar surface area (TPSA) is 145 Å². The van der Waals surface area contributed by atoms with Crippen molar-refractivity contribution in [2.45, 2.75) is 51.2 Å². The summed E-state index contributed by atoms with van der Waals surface area (Å²) in [6.07, 6.45) is 2.21. The predicted octanol–water partition coefficient (Wildman–Crippen LogP) is 3.63. The van der Waals surface area contributed by atoms with Crippen LogP contribution in [0.25, 0.3) is 10.4 Å². The third-order valence-electron chi connectivity index (χ3n) is 6.51. The van der Waals surface area contributed by atoms with Gasteiger partial charge in [-0.25, -0.2) is 4.57 Å². The summed E-state index contributed by atoms with van der Waals surface area (Å²) < 4.78 is 15.6. The summed E-state index contributed by atoms with van der Waals surface area (Å²) in [5.41, 5.74) is 2.76. The van der Waals surface area contributed by atoms with Gasteiger partial charge in [0.15, 0.2) is 0 Å². The van der Waals surface area contributed by atoms with E-state index in [1.807, 2.05) is 35.7 Å². The monoisotopic (exact) mass is 585 g/mol. The van der Waals surface area contributed by atoms with Crippen molar-refractivity contribution in [3.63, 3.8) is 0 Å². The van der Waals surface area contributed by atoms with Crippen LogP contribution in [-0.2, 0) is 31.9 Å². The zero-order valence-corrected chi connectivity index (χ0v) is 23.7. The average Bonchev–Trinajstić information content (AvgIpc) is 3.39. The number of hydrogen-bond acceptors (Lipinski definition) is 6. The van der Waals surface area contributed by atoms with Crippen LogP contribution >= 0.6 is 19.2 Å². The molecule has 1 saturated heterocycles. The molecule has 0 bridgehead atoms. The van der Waals surface area contributed by atoms with E-state index in [4.69, 9.17) is 9.79 Å². The molecule has 3 aromatic rings. The maximum absolute atomic E-state index is 13.4. The summed E-state index contributed by atoms with van der Waals surface area (Å²) in [5.74, 6) is -1.07. The summed E-state index contributed by atoms with van der Waals surface area (Å²) in [6, 6.07) is 16.4. The Labute approximate surface area is 236 Å². The van der Waals surface area contributed by atoms with Gasteiger partial charge in [0.05, 0.1) is 0 Å². The van der Waals surface area contributed by atoms with Crippen LogP contribution in [0.2, 0.25) is 0 Å². The molecule has 4 rings (SSSR count). The first-order valence-corrected chi connectivity index (χ1v) is 15.3. The van der Waals surface area contributed by atoms with Crippen LogP contribution in [0.15, 0.2) is 66.0 Å². The number of nitrogens with one attached hydrogen (secondary N) is 2. The van der Waals surface area contributed by atoms with E-state index in [9.17, 15) is 18.9 Å². The molecule has 10 nitrogen and oxygen atoms in total. The summed E-state index contributed by atoms with van der Waals surface area (Å²) in [6.45, 7) is 2.34. The van der Waals surface area contributed by atoms with Gasteiger partial charge in [0.1, 0.15) is 17.8 Å². The van der Waals surface area contributed by atoms with Crippen molar-refractivity contribution in [3.05, 3.63) is 77.2 Å². The van der Waals surface area contributed by atoms with Crippen LogP contribution in [-0.4, -0.2) is 51.0 Å². The maximum atomic E-state index is 13.4. The molecule has 0 unspecified atom stereocenters. The number of rotatable bonds is 10. The quantitative estimate of drug-likeness (QED) is 0.266. The van der Waals surface area contributed by atoms with E-state index >= 15 is 0 Å². The van der Waals surface area contributed by atoms with E-state index in [0.29, 0.717) is 25.1 Å². The molecule has 1 aromatic heterocycles. The van der Waals surface area contributed by atoms with E-state index < -0.39 is 31.7 Å². The second kappa shape index (κ2) is 13.2. The third kappa shape index (κ3) is 8.50. The highest BCUT2D eigenvalue weighted by atomic mass is 32.1. The molecule has 0 radical (unpaired) electrons. The molecule has 2 atom stereocenters. The Bertz CT molecular complexity index is 1360.